The van der Waals surface area contributed by atoms with Gasteiger partial charge in [-0.05, 0) is 6.42 Å². The molecule has 0 aliphatic carbocycles. The topological polar surface area (TPSA) is 37.3 Å². The van der Waals surface area contributed by atoms with Gasteiger partial charge in [-0.3, -0.25) is 4.79 Å². The van der Waals surface area contributed by atoms with Gasteiger partial charge in [-0.1, -0.05) is 84.0 Å². The SMILES string of the molecule is CCCCCCCCCCCCCCCC(=O)O.[Pr]. The van der Waals surface area contributed by atoms with Crippen molar-refractivity contribution in [3.05, 3.63) is 0 Å². The predicted octanol–water partition coefficient (Wildman–Crippen LogP) is 5.55. The average Bonchev–Trinajstić information content (AvgIpc) is 2.34. The van der Waals surface area contributed by atoms with Crippen molar-refractivity contribution in [3.63, 3.8) is 0 Å². The fourth-order valence-electron chi connectivity index (χ4n) is 2.29. The maximum Gasteiger partial charge on any atom is 0.303 e. The van der Waals surface area contributed by atoms with Gasteiger partial charge in [0.15, 0.2) is 0 Å². The Balaban J connectivity index is 0. The molecule has 0 fully saturated rings. The first-order valence-electron chi connectivity index (χ1n) is 7.99. The smallest absolute Gasteiger partial charge is 0.303 e. The van der Waals surface area contributed by atoms with Crippen LogP contribution < -0.4 is 0 Å². The zero-order valence-corrected chi connectivity index (χ0v) is 16.5. The molecule has 0 bridgehead atoms. The average molecular weight is 397 g/mol. The van der Waals surface area contributed by atoms with Crippen LogP contribution in [0.2, 0.25) is 0 Å². The van der Waals surface area contributed by atoms with Crippen LogP contribution in [0.5, 0.6) is 0 Å². The van der Waals surface area contributed by atoms with E-state index in [0.717, 1.165) is 12.8 Å². The van der Waals surface area contributed by atoms with Gasteiger partial charge >= 0.3 is 5.97 Å². The van der Waals surface area contributed by atoms with Crippen molar-refractivity contribution in [2.75, 3.05) is 0 Å². The molecule has 3 heteroatoms. The molecule has 0 rings (SSSR count). The van der Waals surface area contributed by atoms with Crippen molar-refractivity contribution in [2.45, 2.75) is 96.8 Å². The van der Waals surface area contributed by atoms with Gasteiger partial charge in [-0.15, -0.1) is 0 Å². The monoisotopic (exact) mass is 397 g/mol. The number of rotatable bonds is 14. The van der Waals surface area contributed by atoms with E-state index in [9.17, 15) is 4.79 Å². The van der Waals surface area contributed by atoms with Crippen molar-refractivity contribution >= 4 is 5.97 Å². The van der Waals surface area contributed by atoms with Crippen LogP contribution in [0.1, 0.15) is 96.8 Å². The Labute approximate surface area is 153 Å². The summed E-state index contributed by atoms with van der Waals surface area (Å²) in [7, 11) is 0. The number of carbonyl (C=O) groups is 1. The molecule has 0 spiro atoms. The maximum atomic E-state index is 10.3. The van der Waals surface area contributed by atoms with E-state index in [1.807, 2.05) is 0 Å². The summed E-state index contributed by atoms with van der Waals surface area (Å²) < 4.78 is 0. The van der Waals surface area contributed by atoms with Crippen molar-refractivity contribution < 1.29 is 51.2 Å². The van der Waals surface area contributed by atoms with Crippen molar-refractivity contribution in [3.8, 4) is 0 Å². The molecule has 0 aromatic carbocycles. The van der Waals surface area contributed by atoms with Crippen molar-refractivity contribution in [1.82, 2.24) is 0 Å². The number of unbranched alkanes of at least 4 members (excludes halogenated alkanes) is 12. The van der Waals surface area contributed by atoms with E-state index in [1.165, 1.54) is 70.6 Å². The summed E-state index contributed by atoms with van der Waals surface area (Å²) in [5, 5.41) is 8.49. The molecule has 0 aliphatic rings. The zero-order valence-electron chi connectivity index (χ0n) is 12.8. The molecule has 0 unspecified atom stereocenters. The van der Waals surface area contributed by atoms with Gasteiger partial charge in [0.1, 0.15) is 0 Å². The molecule has 0 aliphatic heterocycles. The normalized spacial score (nSPS) is 10.2. The minimum atomic E-state index is -0.655. The second-order valence-corrected chi connectivity index (χ2v) is 5.39. The molecule has 0 heterocycles. The van der Waals surface area contributed by atoms with Crippen LogP contribution in [0, 0.1) is 41.3 Å². The van der Waals surface area contributed by atoms with Gasteiger partial charge in [0, 0.05) is 47.7 Å². The second kappa shape index (κ2) is 18.8. The summed E-state index contributed by atoms with van der Waals surface area (Å²) in [6.07, 6.45) is 17.3. The second-order valence-electron chi connectivity index (χ2n) is 5.39. The summed E-state index contributed by atoms with van der Waals surface area (Å²) in [6, 6.07) is 0. The van der Waals surface area contributed by atoms with Crippen LogP contribution in [0.25, 0.3) is 0 Å². The first kappa shape index (κ1) is 22.1. The minimum absolute atomic E-state index is 0. The summed E-state index contributed by atoms with van der Waals surface area (Å²) in [4.78, 5) is 10.3. The van der Waals surface area contributed by atoms with E-state index in [2.05, 4.69) is 6.92 Å². The molecule has 1 N–H and O–H groups in total. The molecule has 0 amide bonds. The van der Waals surface area contributed by atoms with Gasteiger partial charge < -0.3 is 5.11 Å². The molecule has 1 radical (unpaired) electrons. The van der Waals surface area contributed by atoms with E-state index in [4.69, 9.17) is 5.11 Å². The maximum absolute atomic E-state index is 10.3. The van der Waals surface area contributed by atoms with Crippen LogP contribution in [0.15, 0.2) is 0 Å². The Kier molecular flexibility index (Phi) is 21.9. The van der Waals surface area contributed by atoms with E-state index in [0.29, 0.717) is 6.42 Å². The Morgan fingerprint density at radius 2 is 1.00 bits per heavy atom. The van der Waals surface area contributed by atoms with Crippen LogP contribution in [-0.2, 0) is 4.79 Å². The standard InChI is InChI=1S/C16H32O2.Pr/c1-2-3-4-5-6-7-8-9-10-11-12-13-14-15-16(17)18;/h2-15H2,1H3,(H,17,18);. The van der Waals surface area contributed by atoms with Crippen molar-refractivity contribution in [2.24, 2.45) is 0 Å². The summed E-state index contributed by atoms with van der Waals surface area (Å²) >= 11 is 0. The summed E-state index contributed by atoms with van der Waals surface area (Å²) in [5.41, 5.74) is 0. The van der Waals surface area contributed by atoms with Crippen LogP contribution in [-0.4, -0.2) is 11.1 Å². The third-order valence-electron chi connectivity index (χ3n) is 3.49. The van der Waals surface area contributed by atoms with E-state index in [-0.39, 0.29) is 41.3 Å². The van der Waals surface area contributed by atoms with Gasteiger partial charge in [0.05, 0.1) is 0 Å². The molecule has 111 valence electrons. The number of hydrogen-bond donors (Lipinski definition) is 1. The molecule has 2 nitrogen and oxygen atoms in total. The molecule has 0 saturated heterocycles. The fraction of sp³-hybridized carbons (Fsp3) is 0.938. The predicted molar refractivity (Wildman–Crippen MR) is 77.9 cm³/mol. The minimum Gasteiger partial charge on any atom is -0.481 e. The Hall–Kier alpha value is 0.834. The molecular formula is C16H32O2Pr. The quantitative estimate of drug-likeness (QED) is 0.390. The first-order valence-corrected chi connectivity index (χ1v) is 7.99. The zero-order chi connectivity index (χ0) is 13.5. The van der Waals surface area contributed by atoms with Gasteiger partial charge in [0.2, 0.25) is 0 Å². The van der Waals surface area contributed by atoms with Gasteiger partial charge in [0.25, 0.3) is 0 Å². The molecule has 0 aromatic heterocycles. The van der Waals surface area contributed by atoms with Crippen LogP contribution in [0.3, 0.4) is 0 Å². The number of aliphatic carboxylic acids is 1. The van der Waals surface area contributed by atoms with Gasteiger partial charge in [-0.25, -0.2) is 0 Å². The first-order chi connectivity index (χ1) is 8.77. The van der Waals surface area contributed by atoms with Crippen molar-refractivity contribution in [1.29, 1.82) is 0 Å². The number of hydrogen-bond acceptors (Lipinski definition) is 1. The molecule has 0 aromatic rings. The Morgan fingerprint density at radius 1 is 0.684 bits per heavy atom. The van der Waals surface area contributed by atoms with E-state index >= 15 is 0 Å². The molecule has 19 heavy (non-hydrogen) atoms. The Morgan fingerprint density at radius 3 is 1.32 bits per heavy atom. The third kappa shape index (κ3) is 21.3. The fourth-order valence-corrected chi connectivity index (χ4v) is 2.29. The number of carboxylic acid groups (broad SMARTS) is 1. The van der Waals surface area contributed by atoms with E-state index in [1.54, 1.807) is 0 Å². The summed E-state index contributed by atoms with van der Waals surface area (Å²) in [6.45, 7) is 2.26. The van der Waals surface area contributed by atoms with E-state index < -0.39 is 5.97 Å². The molecule has 0 atom stereocenters. The third-order valence-corrected chi connectivity index (χ3v) is 3.49. The van der Waals surface area contributed by atoms with Gasteiger partial charge in [-0.2, -0.15) is 0 Å². The van der Waals surface area contributed by atoms with Crippen LogP contribution >= 0.6 is 0 Å². The molecular weight excluding hydrogens is 365 g/mol. The largest absolute Gasteiger partial charge is 0.481 e. The van der Waals surface area contributed by atoms with Crippen LogP contribution in [0.4, 0.5) is 0 Å². The molecule has 0 saturated carbocycles. The Bertz CT molecular complexity index is 184. The number of carboxylic acids is 1. The summed E-state index contributed by atoms with van der Waals surface area (Å²) in [5.74, 6) is -0.655.